The molecule has 0 aliphatic carbocycles. The van der Waals surface area contributed by atoms with Gasteiger partial charge < -0.3 is 9.64 Å². The molecule has 0 amide bonds. The molecule has 24 heavy (non-hydrogen) atoms. The molecule has 0 spiro atoms. The van der Waals surface area contributed by atoms with E-state index in [9.17, 15) is 13.6 Å². The van der Waals surface area contributed by atoms with E-state index in [0.717, 1.165) is 16.4 Å². The third-order valence-electron chi connectivity index (χ3n) is 4.12. The molecule has 4 rings (SSSR count). The number of hydrogen-bond donors (Lipinski definition) is 1. The van der Waals surface area contributed by atoms with Crippen molar-refractivity contribution in [3.63, 3.8) is 0 Å². The van der Waals surface area contributed by atoms with E-state index < -0.39 is 6.61 Å². The number of thiazole rings is 1. The summed E-state index contributed by atoms with van der Waals surface area (Å²) in [6.45, 7) is -1.66. The van der Waals surface area contributed by atoms with Gasteiger partial charge in [0.05, 0.1) is 22.5 Å². The molecule has 1 N–H and O–H groups in total. The molecule has 0 atom stereocenters. The average Bonchev–Trinajstić information content (AvgIpc) is 3.09. The number of alkyl halides is 2. The second-order valence-electron chi connectivity index (χ2n) is 5.58. The van der Waals surface area contributed by atoms with Gasteiger partial charge in [-0.3, -0.25) is 14.6 Å². The maximum absolute atomic E-state index is 12.5. The van der Waals surface area contributed by atoms with Gasteiger partial charge in [-0.2, -0.15) is 8.78 Å². The van der Waals surface area contributed by atoms with E-state index in [1.807, 2.05) is 4.90 Å². The van der Waals surface area contributed by atoms with Gasteiger partial charge in [-0.25, -0.2) is 4.98 Å². The Bertz CT molecular complexity index is 962. The van der Waals surface area contributed by atoms with E-state index in [1.54, 1.807) is 23.9 Å². The van der Waals surface area contributed by atoms with E-state index in [2.05, 4.69) is 14.8 Å². The topological polar surface area (TPSA) is 63.2 Å². The summed E-state index contributed by atoms with van der Waals surface area (Å²) >= 11 is 1.32. The third kappa shape index (κ3) is 2.44. The normalized spacial score (nSPS) is 14.4. The molecule has 0 radical (unpaired) electrons. The number of halogens is 2. The number of H-pyrrole nitrogens is 1. The first-order valence-corrected chi connectivity index (χ1v) is 8.20. The van der Waals surface area contributed by atoms with Crippen molar-refractivity contribution in [2.45, 2.75) is 19.6 Å². The first-order valence-electron chi connectivity index (χ1n) is 7.39. The van der Waals surface area contributed by atoms with Gasteiger partial charge in [0.2, 0.25) is 0 Å². The van der Waals surface area contributed by atoms with E-state index in [1.165, 1.54) is 17.4 Å². The average molecular weight is 352 g/mol. The van der Waals surface area contributed by atoms with Crippen molar-refractivity contribution < 1.29 is 13.5 Å². The van der Waals surface area contributed by atoms with Crippen LogP contribution in [0.4, 0.5) is 13.9 Å². The lowest BCUT2D eigenvalue weighted by atomic mass is 10.1. The number of rotatable bonds is 3. The van der Waals surface area contributed by atoms with Gasteiger partial charge in [-0.15, -0.1) is 0 Å². The minimum Gasteiger partial charge on any atom is -0.433 e. The molecule has 1 aromatic carbocycles. The van der Waals surface area contributed by atoms with Crippen LogP contribution in [0.15, 0.2) is 23.0 Å². The van der Waals surface area contributed by atoms with Gasteiger partial charge in [0.25, 0.3) is 5.56 Å². The van der Waals surface area contributed by atoms with Gasteiger partial charge in [0.15, 0.2) is 5.13 Å². The van der Waals surface area contributed by atoms with Crippen molar-refractivity contribution in [2.24, 2.45) is 7.05 Å². The van der Waals surface area contributed by atoms with E-state index >= 15 is 0 Å². The predicted octanol–water partition coefficient (Wildman–Crippen LogP) is 2.49. The van der Waals surface area contributed by atoms with E-state index in [0.29, 0.717) is 29.7 Å². The smallest absolute Gasteiger partial charge is 0.387 e. The standard InChI is InChI=1S/C15H14F2N4O2S/c1-20-10-7-21(6-5-8(10)13(22)19-20)15-18-9-3-2-4-11(12(9)24-15)23-14(16)17/h2-4,14H,5-7H2,1H3,(H,19,22). The maximum Gasteiger partial charge on any atom is 0.387 e. The number of aromatic nitrogens is 3. The number of nitrogens with one attached hydrogen (secondary N) is 1. The summed E-state index contributed by atoms with van der Waals surface area (Å²) in [6, 6.07) is 4.93. The molecule has 2 aromatic heterocycles. The second kappa shape index (κ2) is 5.59. The molecule has 0 saturated carbocycles. The van der Waals surface area contributed by atoms with Crippen LogP contribution in [0.2, 0.25) is 0 Å². The van der Waals surface area contributed by atoms with Gasteiger partial charge in [-0.1, -0.05) is 17.4 Å². The van der Waals surface area contributed by atoms with Crippen LogP contribution in [0.5, 0.6) is 5.75 Å². The number of benzene rings is 1. The van der Waals surface area contributed by atoms with Crippen molar-refractivity contribution in [1.82, 2.24) is 14.8 Å². The van der Waals surface area contributed by atoms with Crippen LogP contribution >= 0.6 is 11.3 Å². The Kier molecular flexibility index (Phi) is 3.52. The van der Waals surface area contributed by atoms with Crippen LogP contribution in [0.3, 0.4) is 0 Å². The SMILES string of the molecule is Cn1[nH]c(=O)c2c1CN(c1nc3cccc(OC(F)F)c3s1)CC2. The number of fused-ring (bicyclic) bond motifs is 2. The van der Waals surface area contributed by atoms with Crippen LogP contribution in [-0.4, -0.2) is 27.9 Å². The molecular weight excluding hydrogens is 338 g/mol. The quantitative estimate of drug-likeness (QED) is 0.787. The number of anilines is 1. The predicted molar refractivity (Wildman–Crippen MR) is 87.0 cm³/mol. The monoisotopic (exact) mass is 352 g/mol. The summed E-state index contributed by atoms with van der Waals surface area (Å²) < 4.78 is 32.0. The van der Waals surface area contributed by atoms with Crippen LogP contribution < -0.4 is 15.2 Å². The number of aryl methyl sites for hydroxylation is 1. The summed E-state index contributed by atoms with van der Waals surface area (Å²) in [5.41, 5.74) is 2.30. The zero-order chi connectivity index (χ0) is 16.8. The highest BCUT2D eigenvalue weighted by atomic mass is 32.1. The lowest BCUT2D eigenvalue weighted by Gasteiger charge is -2.26. The summed E-state index contributed by atoms with van der Waals surface area (Å²) in [5.74, 6) is 0.137. The Morgan fingerprint density at radius 2 is 2.25 bits per heavy atom. The molecule has 6 nitrogen and oxygen atoms in total. The zero-order valence-corrected chi connectivity index (χ0v) is 13.6. The van der Waals surface area contributed by atoms with Crippen LogP contribution in [0.1, 0.15) is 11.3 Å². The summed E-state index contributed by atoms with van der Waals surface area (Å²) in [7, 11) is 1.80. The van der Waals surface area contributed by atoms with Gasteiger partial charge in [0.1, 0.15) is 5.75 Å². The van der Waals surface area contributed by atoms with Crippen LogP contribution in [0, 0.1) is 0 Å². The van der Waals surface area contributed by atoms with E-state index in [4.69, 9.17) is 0 Å². The van der Waals surface area contributed by atoms with Gasteiger partial charge in [-0.05, 0) is 18.6 Å². The fourth-order valence-electron chi connectivity index (χ4n) is 2.99. The molecule has 0 fully saturated rings. The number of aromatic amines is 1. The van der Waals surface area contributed by atoms with Crippen molar-refractivity contribution in [3.05, 3.63) is 39.8 Å². The fraction of sp³-hybridized carbons (Fsp3) is 0.333. The molecule has 0 saturated heterocycles. The second-order valence-corrected chi connectivity index (χ2v) is 6.55. The van der Waals surface area contributed by atoms with E-state index in [-0.39, 0.29) is 11.3 Å². The Hall–Kier alpha value is -2.42. The van der Waals surface area contributed by atoms with Gasteiger partial charge >= 0.3 is 6.61 Å². The molecule has 9 heteroatoms. The lowest BCUT2D eigenvalue weighted by molar-refractivity contribution is -0.0486. The first kappa shape index (κ1) is 15.1. The maximum atomic E-state index is 12.5. The molecule has 126 valence electrons. The Balaban J connectivity index is 1.70. The van der Waals surface area contributed by atoms with Crippen molar-refractivity contribution in [1.29, 1.82) is 0 Å². The summed E-state index contributed by atoms with van der Waals surface area (Å²) in [5, 5.41) is 3.49. The number of nitrogens with zero attached hydrogens (tertiary/aromatic N) is 3. The number of hydrogen-bond acceptors (Lipinski definition) is 5. The highest BCUT2D eigenvalue weighted by Crippen LogP contribution is 2.37. The third-order valence-corrected chi connectivity index (χ3v) is 5.27. The molecule has 3 heterocycles. The first-order chi connectivity index (χ1) is 11.5. The van der Waals surface area contributed by atoms with Crippen molar-refractivity contribution >= 4 is 26.7 Å². The van der Waals surface area contributed by atoms with Crippen molar-refractivity contribution in [3.8, 4) is 5.75 Å². The summed E-state index contributed by atoms with van der Waals surface area (Å²) in [4.78, 5) is 18.4. The fourth-order valence-corrected chi connectivity index (χ4v) is 4.03. The molecular formula is C15H14F2N4O2S. The van der Waals surface area contributed by atoms with Crippen molar-refractivity contribution in [2.75, 3.05) is 11.4 Å². The summed E-state index contributed by atoms with van der Waals surface area (Å²) in [6.07, 6.45) is 0.627. The molecule has 0 bridgehead atoms. The van der Waals surface area contributed by atoms with Crippen LogP contribution in [-0.2, 0) is 20.0 Å². The minimum atomic E-state index is -2.87. The zero-order valence-electron chi connectivity index (χ0n) is 12.8. The van der Waals surface area contributed by atoms with Crippen LogP contribution in [0.25, 0.3) is 10.2 Å². The lowest BCUT2D eigenvalue weighted by Crippen LogP contribution is -2.32. The molecule has 1 aliphatic rings. The number of ether oxygens (including phenoxy) is 1. The molecule has 1 aliphatic heterocycles. The Labute approximate surface area is 139 Å². The Morgan fingerprint density at radius 1 is 1.42 bits per heavy atom. The highest BCUT2D eigenvalue weighted by Gasteiger charge is 2.25. The van der Waals surface area contributed by atoms with Gasteiger partial charge in [0, 0.05) is 19.2 Å². The highest BCUT2D eigenvalue weighted by molar-refractivity contribution is 7.22. The Morgan fingerprint density at radius 3 is 3.04 bits per heavy atom. The molecule has 3 aromatic rings. The molecule has 0 unspecified atom stereocenters. The largest absolute Gasteiger partial charge is 0.433 e. The minimum absolute atomic E-state index is 0.0518.